The van der Waals surface area contributed by atoms with Crippen molar-refractivity contribution >= 4 is 0 Å². The van der Waals surface area contributed by atoms with Crippen LogP contribution in [0.5, 0.6) is 0 Å². The molecule has 1 rings (SSSR count). The Balaban J connectivity index is 2.87. The van der Waals surface area contributed by atoms with E-state index < -0.39 is 0 Å². The number of benzene rings is 1. The first-order valence-corrected chi connectivity index (χ1v) is 5.93. The first-order valence-electron chi connectivity index (χ1n) is 5.93. The van der Waals surface area contributed by atoms with Crippen molar-refractivity contribution in [1.29, 1.82) is 0 Å². The summed E-state index contributed by atoms with van der Waals surface area (Å²) >= 11 is 0. The van der Waals surface area contributed by atoms with Gasteiger partial charge in [0.05, 0.1) is 0 Å². The first-order chi connectivity index (χ1) is 7.69. The fourth-order valence-corrected chi connectivity index (χ4v) is 2.06. The molecule has 1 aromatic carbocycles. The van der Waals surface area contributed by atoms with Crippen molar-refractivity contribution < 1.29 is 0 Å². The molecule has 0 amide bonds. The van der Waals surface area contributed by atoms with E-state index in [9.17, 15) is 0 Å². The zero-order valence-electron chi connectivity index (χ0n) is 10.5. The number of aryl methyl sites for hydroxylation is 2. The van der Waals surface area contributed by atoms with Gasteiger partial charge in [-0.2, -0.15) is 0 Å². The van der Waals surface area contributed by atoms with Crippen molar-refractivity contribution in [3.05, 3.63) is 34.9 Å². The summed E-state index contributed by atoms with van der Waals surface area (Å²) < 4.78 is 0. The number of hydrogen-bond acceptors (Lipinski definition) is 1. The van der Waals surface area contributed by atoms with Gasteiger partial charge in [-0.15, -0.1) is 12.3 Å². The SMILES string of the molecule is C#CCCC(NCC)c1ccc(C)cc1C. The molecule has 1 unspecified atom stereocenters. The monoisotopic (exact) mass is 215 g/mol. The lowest BCUT2D eigenvalue weighted by Crippen LogP contribution is -2.21. The topological polar surface area (TPSA) is 12.0 Å². The highest BCUT2D eigenvalue weighted by Gasteiger charge is 2.11. The molecule has 1 atom stereocenters. The van der Waals surface area contributed by atoms with Gasteiger partial charge in [-0.05, 0) is 37.9 Å². The van der Waals surface area contributed by atoms with E-state index in [0.717, 1.165) is 19.4 Å². The quantitative estimate of drug-likeness (QED) is 0.743. The van der Waals surface area contributed by atoms with Gasteiger partial charge in [0, 0.05) is 12.5 Å². The zero-order valence-corrected chi connectivity index (χ0v) is 10.5. The van der Waals surface area contributed by atoms with Gasteiger partial charge < -0.3 is 5.32 Å². The van der Waals surface area contributed by atoms with Crippen molar-refractivity contribution in [3.8, 4) is 12.3 Å². The Morgan fingerprint density at radius 1 is 1.38 bits per heavy atom. The molecule has 0 radical (unpaired) electrons. The predicted molar refractivity (Wildman–Crippen MR) is 70.4 cm³/mol. The Bertz CT molecular complexity index is 374. The molecule has 1 heteroatoms. The van der Waals surface area contributed by atoms with E-state index in [1.807, 2.05) is 0 Å². The first kappa shape index (κ1) is 12.8. The van der Waals surface area contributed by atoms with Gasteiger partial charge in [-0.1, -0.05) is 30.7 Å². The second-order valence-electron chi connectivity index (χ2n) is 4.21. The average molecular weight is 215 g/mol. The summed E-state index contributed by atoms with van der Waals surface area (Å²) in [6.45, 7) is 7.40. The fourth-order valence-electron chi connectivity index (χ4n) is 2.06. The van der Waals surface area contributed by atoms with E-state index in [2.05, 4.69) is 50.2 Å². The van der Waals surface area contributed by atoms with Crippen molar-refractivity contribution in [3.63, 3.8) is 0 Å². The lowest BCUT2D eigenvalue weighted by molar-refractivity contribution is 0.520. The van der Waals surface area contributed by atoms with Crippen molar-refractivity contribution in [2.24, 2.45) is 0 Å². The van der Waals surface area contributed by atoms with Gasteiger partial charge in [-0.3, -0.25) is 0 Å². The van der Waals surface area contributed by atoms with E-state index >= 15 is 0 Å². The van der Waals surface area contributed by atoms with Crippen LogP contribution in [-0.2, 0) is 0 Å². The van der Waals surface area contributed by atoms with Crippen LogP contribution < -0.4 is 5.32 Å². The summed E-state index contributed by atoms with van der Waals surface area (Å²) in [5.41, 5.74) is 4.04. The van der Waals surface area contributed by atoms with E-state index in [1.165, 1.54) is 16.7 Å². The standard InChI is InChI=1S/C15H21N/c1-5-7-8-15(16-6-2)14-10-9-12(3)11-13(14)4/h1,9-11,15-16H,6-8H2,2-4H3. The Morgan fingerprint density at radius 3 is 2.69 bits per heavy atom. The highest BCUT2D eigenvalue weighted by Crippen LogP contribution is 2.22. The molecule has 0 bridgehead atoms. The molecule has 0 aromatic heterocycles. The third-order valence-corrected chi connectivity index (χ3v) is 2.83. The minimum atomic E-state index is 0.390. The zero-order chi connectivity index (χ0) is 12.0. The fraction of sp³-hybridized carbons (Fsp3) is 0.467. The number of hydrogen-bond donors (Lipinski definition) is 1. The van der Waals surface area contributed by atoms with Gasteiger partial charge in [0.25, 0.3) is 0 Å². The molecule has 86 valence electrons. The average Bonchev–Trinajstić information content (AvgIpc) is 2.25. The lowest BCUT2D eigenvalue weighted by atomic mass is 9.96. The van der Waals surface area contributed by atoms with Crippen LogP contribution in [0.25, 0.3) is 0 Å². The van der Waals surface area contributed by atoms with Crippen molar-refractivity contribution in [2.75, 3.05) is 6.54 Å². The largest absolute Gasteiger partial charge is 0.310 e. The van der Waals surface area contributed by atoms with Crippen LogP contribution in [0.4, 0.5) is 0 Å². The Morgan fingerprint density at radius 2 is 2.12 bits per heavy atom. The molecule has 1 nitrogen and oxygen atoms in total. The van der Waals surface area contributed by atoms with E-state index in [0.29, 0.717) is 6.04 Å². The van der Waals surface area contributed by atoms with Crippen molar-refractivity contribution in [1.82, 2.24) is 5.32 Å². The van der Waals surface area contributed by atoms with Crippen LogP contribution >= 0.6 is 0 Å². The van der Waals surface area contributed by atoms with Gasteiger partial charge >= 0.3 is 0 Å². The third kappa shape index (κ3) is 3.40. The number of rotatable bonds is 5. The van der Waals surface area contributed by atoms with Crippen molar-refractivity contribution in [2.45, 2.75) is 39.7 Å². The molecule has 0 saturated carbocycles. The summed E-state index contributed by atoms with van der Waals surface area (Å²) in [5, 5.41) is 3.50. The molecule has 0 aliphatic carbocycles. The molecule has 0 heterocycles. The van der Waals surface area contributed by atoms with Crippen LogP contribution in [-0.4, -0.2) is 6.54 Å². The molecule has 16 heavy (non-hydrogen) atoms. The second kappa shape index (κ2) is 6.35. The molecule has 0 saturated heterocycles. The maximum absolute atomic E-state index is 5.34. The summed E-state index contributed by atoms with van der Waals surface area (Å²) in [7, 11) is 0. The molecule has 1 N–H and O–H groups in total. The predicted octanol–water partition coefficient (Wildman–Crippen LogP) is 3.37. The number of terminal acetylenes is 1. The van der Waals surface area contributed by atoms with Crippen LogP contribution in [0.2, 0.25) is 0 Å². The molecule has 0 fully saturated rings. The number of nitrogens with one attached hydrogen (secondary N) is 1. The Kier molecular flexibility index (Phi) is 5.08. The molecule has 1 aromatic rings. The highest BCUT2D eigenvalue weighted by molar-refractivity contribution is 5.32. The minimum Gasteiger partial charge on any atom is -0.310 e. The molecular formula is C15H21N. The van der Waals surface area contributed by atoms with Gasteiger partial charge in [0.1, 0.15) is 0 Å². The van der Waals surface area contributed by atoms with E-state index in [1.54, 1.807) is 0 Å². The Hall–Kier alpha value is -1.26. The summed E-state index contributed by atoms with van der Waals surface area (Å²) in [6, 6.07) is 7.01. The van der Waals surface area contributed by atoms with Gasteiger partial charge in [0.2, 0.25) is 0 Å². The summed E-state index contributed by atoms with van der Waals surface area (Å²) in [6.07, 6.45) is 7.17. The van der Waals surface area contributed by atoms with Crippen LogP contribution in [0.1, 0.15) is 42.5 Å². The molecule has 0 aliphatic rings. The molecule has 0 spiro atoms. The Labute approximate surface area is 99.3 Å². The van der Waals surface area contributed by atoms with Gasteiger partial charge in [0.15, 0.2) is 0 Å². The highest BCUT2D eigenvalue weighted by atomic mass is 14.9. The van der Waals surface area contributed by atoms with Crippen LogP contribution in [0, 0.1) is 26.2 Å². The third-order valence-electron chi connectivity index (χ3n) is 2.83. The van der Waals surface area contributed by atoms with E-state index in [4.69, 9.17) is 6.42 Å². The smallest absolute Gasteiger partial charge is 0.0331 e. The molecule has 0 aliphatic heterocycles. The van der Waals surface area contributed by atoms with Crippen LogP contribution in [0.3, 0.4) is 0 Å². The minimum absolute atomic E-state index is 0.390. The van der Waals surface area contributed by atoms with Gasteiger partial charge in [-0.25, -0.2) is 0 Å². The van der Waals surface area contributed by atoms with E-state index in [-0.39, 0.29) is 0 Å². The summed E-state index contributed by atoms with van der Waals surface area (Å²) in [4.78, 5) is 0. The maximum atomic E-state index is 5.34. The summed E-state index contributed by atoms with van der Waals surface area (Å²) in [5.74, 6) is 2.72. The normalized spacial score (nSPS) is 12.1. The van der Waals surface area contributed by atoms with Crippen LogP contribution in [0.15, 0.2) is 18.2 Å². The molecular weight excluding hydrogens is 194 g/mol. The second-order valence-corrected chi connectivity index (χ2v) is 4.21. The maximum Gasteiger partial charge on any atom is 0.0331 e. The lowest BCUT2D eigenvalue weighted by Gasteiger charge is -2.19.